The molecule has 19 heavy (non-hydrogen) atoms. The minimum Gasteiger partial charge on any atom is -0.378 e. The number of nitrogens with two attached hydrogens (primary N) is 1. The summed E-state index contributed by atoms with van der Waals surface area (Å²) in [6, 6.07) is 3.68. The fraction of sp³-hybridized carbons (Fsp3) is 0.167. The predicted molar refractivity (Wildman–Crippen MR) is 65.1 cm³/mol. The quantitative estimate of drug-likeness (QED) is 0.855. The lowest BCUT2D eigenvalue weighted by molar-refractivity contribution is -0.118. The van der Waals surface area contributed by atoms with Crippen LogP contribution in [0.4, 0.5) is 14.5 Å². The molecule has 0 atom stereocenters. The second-order valence-electron chi connectivity index (χ2n) is 3.99. The number of carbonyl (C=O) groups excluding carboxylic acids is 1. The van der Waals surface area contributed by atoms with Gasteiger partial charge in [0.1, 0.15) is 6.54 Å². The van der Waals surface area contributed by atoms with E-state index in [1.54, 1.807) is 6.20 Å². The number of rotatable bonds is 5. The van der Waals surface area contributed by atoms with E-state index >= 15 is 0 Å². The minimum atomic E-state index is -0.885. The highest BCUT2D eigenvalue weighted by atomic mass is 19.2. The van der Waals surface area contributed by atoms with Crippen molar-refractivity contribution in [1.29, 1.82) is 0 Å². The monoisotopic (exact) mass is 266 g/mol. The van der Waals surface area contributed by atoms with Crippen molar-refractivity contribution in [1.82, 2.24) is 9.78 Å². The van der Waals surface area contributed by atoms with E-state index in [-0.39, 0.29) is 6.54 Å². The van der Waals surface area contributed by atoms with E-state index in [2.05, 4.69) is 10.4 Å². The smallest absolute Gasteiger partial charge is 0.239 e. The number of hydrogen-bond acceptors (Lipinski definition) is 3. The molecule has 1 amide bonds. The van der Waals surface area contributed by atoms with E-state index in [1.165, 1.54) is 16.9 Å². The molecule has 0 unspecified atom stereocenters. The third-order valence-corrected chi connectivity index (χ3v) is 2.43. The molecule has 2 rings (SSSR count). The zero-order valence-corrected chi connectivity index (χ0v) is 9.94. The molecule has 0 saturated carbocycles. The van der Waals surface area contributed by atoms with Crippen LogP contribution in [0.2, 0.25) is 0 Å². The van der Waals surface area contributed by atoms with Gasteiger partial charge < -0.3 is 11.1 Å². The SMILES string of the molecule is NC(=O)Cn1cc(NCc2ccc(F)c(F)c2)cn1. The summed E-state index contributed by atoms with van der Waals surface area (Å²) in [5.74, 6) is -2.25. The van der Waals surface area contributed by atoms with Gasteiger partial charge in [0.2, 0.25) is 5.91 Å². The number of halogens is 2. The lowest BCUT2D eigenvalue weighted by atomic mass is 10.2. The van der Waals surface area contributed by atoms with Crippen LogP contribution in [0.15, 0.2) is 30.6 Å². The minimum absolute atomic E-state index is 0.00709. The average molecular weight is 266 g/mol. The van der Waals surface area contributed by atoms with Crippen LogP contribution in [0.5, 0.6) is 0 Å². The molecular weight excluding hydrogens is 254 g/mol. The molecule has 1 aromatic carbocycles. The van der Waals surface area contributed by atoms with Gasteiger partial charge in [-0.2, -0.15) is 5.10 Å². The molecule has 1 aromatic heterocycles. The highest BCUT2D eigenvalue weighted by molar-refractivity contribution is 5.73. The Morgan fingerprint density at radius 2 is 2.16 bits per heavy atom. The summed E-state index contributed by atoms with van der Waals surface area (Å²) in [5.41, 5.74) is 6.29. The number of primary amides is 1. The predicted octanol–water partition coefficient (Wildman–Crippen LogP) is 1.26. The Hall–Kier alpha value is -2.44. The van der Waals surface area contributed by atoms with E-state index < -0.39 is 17.5 Å². The van der Waals surface area contributed by atoms with Gasteiger partial charge in [0.25, 0.3) is 0 Å². The van der Waals surface area contributed by atoms with Crippen LogP contribution in [0.25, 0.3) is 0 Å². The van der Waals surface area contributed by atoms with Crippen LogP contribution < -0.4 is 11.1 Å². The Bertz CT molecular complexity index is 597. The Morgan fingerprint density at radius 3 is 2.84 bits per heavy atom. The average Bonchev–Trinajstić information content (AvgIpc) is 2.77. The molecule has 2 aromatic rings. The molecule has 0 fully saturated rings. The first kappa shape index (κ1) is 13.0. The Kier molecular flexibility index (Phi) is 3.74. The summed E-state index contributed by atoms with van der Waals surface area (Å²) in [4.78, 5) is 10.7. The van der Waals surface area contributed by atoms with Gasteiger partial charge in [-0.25, -0.2) is 8.78 Å². The molecule has 3 N–H and O–H groups in total. The molecule has 7 heteroatoms. The number of anilines is 1. The van der Waals surface area contributed by atoms with Gasteiger partial charge in [0.15, 0.2) is 11.6 Å². The van der Waals surface area contributed by atoms with E-state index in [1.807, 2.05) is 0 Å². The number of nitrogens with one attached hydrogen (secondary N) is 1. The second-order valence-corrected chi connectivity index (χ2v) is 3.99. The number of benzene rings is 1. The first-order chi connectivity index (χ1) is 9.04. The standard InChI is InChI=1S/C12H12F2N4O/c13-10-2-1-8(3-11(10)14)4-16-9-5-17-18(6-9)7-12(15)19/h1-3,5-6,16H,4,7H2,(H2,15,19). The lowest BCUT2D eigenvalue weighted by Gasteiger charge is -2.04. The Labute approximate surface area is 108 Å². The zero-order valence-electron chi connectivity index (χ0n) is 9.94. The third kappa shape index (κ3) is 3.51. The van der Waals surface area contributed by atoms with Crippen molar-refractivity contribution in [3.8, 4) is 0 Å². The van der Waals surface area contributed by atoms with Crippen LogP contribution >= 0.6 is 0 Å². The summed E-state index contributed by atoms with van der Waals surface area (Å²) in [5, 5.41) is 6.90. The fourth-order valence-corrected chi connectivity index (χ4v) is 1.55. The maximum absolute atomic E-state index is 13.0. The second kappa shape index (κ2) is 5.47. The van der Waals surface area contributed by atoms with Gasteiger partial charge in [0.05, 0.1) is 11.9 Å². The largest absolute Gasteiger partial charge is 0.378 e. The molecule has 0 spiro atoms. The summed E-state index contributed by atoms with van der Waals surface area (Å²) in [7, 11) is 0. The number of hydrogen-bond donors (Lipinski definition) is 2. The highest BCUT2D eigenvalue weighted by Crippen LogP contribution is 2.11. The number of amides is 1. The van der Waals surface area contributed by atoms with Crippen molar-refractivity contribution >= 4 is 11.6 Å². The van der Waals surface area contributed by atoms with Crippen molar-refractivity contribution in [3.05, 3.63) is 47.8 Å². The zero-order chi connectivity index (χ0) is 13.8. The van der Waals surface area contributed by atoms with Crippen molar-refractivity contribution in [2.75, 3.05) is 5.32 Å². The number of nitrogens with zero attached hydrogens (tertiary/aromatic N) is 2. The van der Waals surface area contributed by atoms with Gasteiger partial charge in [0, 0.05) is 12.7 Å². The van der Waals surface area contributed by atoms with Crippen molar-refractivity contribution < 1.29 is 13.6 Å². The van der Waals surface area contributed by atoms with Crippen molar-refractivity contribution in [2.24, 2.45) is 5.73 Å². The third-order valence-electron chi connectivity index (χ3n) is 2.43. The fourth-order valence-electron chi connectivity index (χ4n) is 1.55. The molecule has 0 bridgehead atoms. The molecule has 5 nitrogen and oxygen atoms in total. The topological polar surface area (TPSA) is 72.9 Å². The highest BCUT2D eigenvalue weighted by Gasteiger charge is 2.04. The summed E-state index contributed by atoms with van der Waals surface area (Å²) >= 11 is 0. The molecule has 0 saturated heterocycles. The van der Waals surface area contributed by atoms with Crippen LogP contribution in [0.1, 0.15) is 5.56 Å². The first-order valence-electron chi connectivity index (χ1n) is 5.53. The van der Waals surface area contributed by atoms with Crippen LogP contribution in [-0.2, 0) is 17.9 Å². The Balaban J connectivity index is 1.96. The molecule has 100 valence electrons. The van der Waals surface area contributed by atoms with Crippen LogP contribution in [-0.4, -0.2) is 15.7 Å². The molecular formula is C12H12F2N4O. The molecule has 0 aliphatic carbocycles. The number of aromatic nitrogens is 2. The van der Waals surface area contributed by atoms with Crippen LogP contribution in [0.3, 0.4) is 0 Å². The van der Waals surface area contributed by atoms with E-state index in [4.69, 9.17) is 5.73 Å². The summed E-state index contributed by atoms with van der Waals surface area (Å²) in [6.45, 7) is 0.312. The maximum Gasteiger partial charge on any atom is 0.239 e. The molecule has 0 aliphatic rings. The molecule has 0 radical (unpaired) electrons. The first-order valence-corrected chi connectivity index (χ1v) is 5.53. The van der Waals surface area contributed by atoms with Gasteiger partial charge in [-0.1, -0.05) is 6.07 Å². The normalized spacial score (nSPS) is 10.4. The van der Waals surface area contributed by atoms with Crippen molar-refractivity contribution in [3.63, 3.8) is 0 Å². The summed E-state index contributed by atoms with van der Waals surface area (Å²) < 4.78 is 27.1. The van der Waals surface area contributed by atoms with E-state index in [9.17, 15) is 13.6 Å². The molecule has 0 aliphatic heterocycles. The lowest BCUT2D eigenvalue weighted by Crippen LogP contribution is -2.18. The van der Waals surface area contributed by atoms with Crippen molar-refractivity contribution in [2.45, 2.75) is 13.1 Å². The van der Waals surface area contributed by atoms with Gasteiger partial charge in [-0.3, -0.25) is 9.48 Å². The van der Waals surface area contributed by atoms with Gasteiger partial charge >= 0.3 is 0 Å². The van der Waals surface area contributed by atoms with Gasteiger partial charge in [-0.15, -0.1) is 0 Å². The maximum atomic E-state index is 13.0. The van der Waals surface area contributed by atoms with Crippen LogP contribution in [0, 0.1) is 11.6 Å². The Morgan fingerprint density at radius 1 is 1.37 bits per heavy atom. The molecule has 1 heterocycles. The van der Waals surface area contributed by atoms with E-state index in [0.717, 1.165) is 12.1 Å². The van der Waals surface area contributed by atoms with Gasteiger partial charge in [-0.05, 0) is 17.7 Å². The number of carbonyl (C=O) groups is 1. The van der Waals surface area contributed by atoms with E-state index in [0.29, 0.717) is 17.8 Å². The summed E-state index contributed by atoms with van der Waals surface area (Å²) in [6.07, 6.45) is 3.12.